The summed E-state index contributed by atoms with van der Waals surface area (Å²) >= 11 is 0. The van der Waals surface area contributed by atoms with Crippen molar-refractivity contribution in [3.63, 3.8) is 0 Å². The van der Waals surface area contributed by atoms with Crippen molar-refractivity contribution in [3.05, 3.63) is 11.9 Å². The first-order valence-corrected chi connectivity index (χ1v) is 8.52. The average Bonchev–Trinajstić information content (AvgIpc) is 3.28. The summed E-state index contributed by atoms with van der Waals surface area (Å²) in [5.41, 5.74) is 0. The van der Waals surface area contributed by atoms with Crippen LogP contribution in [0.3, 0.4) is 0 Å². The number of hydrogen-bond donors (Lipinski definition) is 1. The van der Waals surface area contributed by atoms with Crippen LogP contribution in [0.2, 0.25) is 0 Å². The van der Waals surface area contributed by atoms with Crippen molar-refractivity contribution in [2.45, 2.75) is 77.7 Å². The lowest BCUT2D eigenvalue weighted by atomic mass is 10.1. The van der Waals surface area contributed by atoms with Crippen LogP contribution in [0.4, 0.5) is 5.82 Å². The fraction of sp³-hybridized carbons (Fsp3) is 0.765. The van der Waals surface area contributed by atoms with Crippen molar-refractivity contribution in [2.75, 3.05) is 11.9 Å². The van der Waals surface area contributed by atoms with Crippen molar-refractivity contribution in [1.82, 2.24) is 9.97 Å². The number of aromatic nitrogens is 2. The Kier molecular flexibility index (Phi) is 6.27. The second-order valence-corrected chi connectivity index (χ2v) is 6.03. The maximum Gasteiger partial charge on any atom is 0.218 e. The topological polar surface area (TPSA) is 47.0 Å². The molecule has 1 aromatic heterocycles. The number of unbranched alkanes of at least 4 members (excludes halogenated alkanes) is 3. The third-order valence-corrected chi connectivity index (χ3v) is 3.81. The highest BCUT2D eigenvalue weighted by atomic mass is 16.5. The molecule has 0 bridgehead atoms. The van der Waals surface area contributed by atoms with E-state index in [0.717, 1.165) is 30.5 Å². The van der Waals surface area contributed by atoms with Gasteiger partial charge in [-0.25, -0.2) is 4.98 Å². The summed E-state index contributed by atoms with van der Waals surface area (Å²) in [6.07, 6.45) is 8.86. The van der Waals surface area contributed by atoms with E-state index < -0.39 is 0 Å². The molecule has 1 fully saturated rings. The highest BCUT2D eigenvalue weighted by Crippen LogP contribution is 2.39. The normalized spacial score (nSPS) is 15.8. The SMILES string of the molecule is CCCCCCC(C)Oc1cc(NCC)nc(C2CC2)n1. The molecule has 0 saturated heterocycles. The molecule has 1 N–H and O–H groups in total. The number of ether oxygens (including phenoxy) is 1. The summed E-state index contributed by atoms with van der Waals surface area (Å²) in [5.74, 6) is 3.11. The Bertz CT molecular complexity index is 432. The maximum absolute atomic E-state index is 6.01. The highest BCUT2D eigenvalue weighted by Gasteiger charge is 2.27. The lowest BCUT2D eigenvalue weighted by Crippen LogP contribution is -2.14. The van der Waals surface area contributed by atoms with Crippen molar-refractivity contribution in [1.29, 1.82) is 0 Å². The van der Waals surface area contributed by atoms with Gasteiger partial charge < -0.3 is 10.1 Å². The number of nitrogens with one attached hydrogen (secondary N) is 1. The largest absolute Gasteiger partial charge is 0.475 e. The molecule has 1 unspecified atom stereocenters. The quantitative estimate of drug-likeness (QED) is 0.644. The second kappa shape index (κ2) is 8.20. The van der Waals surface area contributed by atoms with Gasteiger partial charge in [0.05, 0.1) is 6.10 Å². The molecule has 118 valence electrons. The maximum atomic E-state index is 6.01. The van der Waals surface area contributed by atoms with Gasteiger partial charge in [0.15, 0.2) is 0 Å². The Hall–Kier alpha value is -1.32. The van der Waals surface area contributed by atoms with Crippen LogP contribution >= 0.6 is 0 Å². The minimum absolute atomic E-state index is 0.221. The summed E-state index contributed by atoms with van der Waals surface area (Å²) < 4.78 is 6.01. The molecule has 0 aromatic carbocycles. The van der Waals surface area contributed by atoms with Gasteiger partial charge in [0.25, 0.3) is 0 Å². The molecular formula is C17H29N3O. The molecule has 1 saturated carbocycles. The van der Waals surface area contributed by atoms with Gasteiger partial charge in [0.2, 0.25) is 5.88 Å². The zero-order chi connectivity index (χ0) is 15.1. The van der Waals surface area contributed by atoms with Crippen molar-refractivity contribution >= 4 is 5.82 Å². The van der Waals surface area contributed by atoms with E-state index in [1.807, 2.05) is 6.07 Å². The van der Waals surface area contributed by atoms with Gasteiger partial charge in [-0.05, 0) is 39.5 Å². The van der Waals surface area contributed by atoms with Crippen LogP contribution in [0.1, 0.15) is 77.5 Å². The fourth-order valence-corrected chi connectivity index (χ4v) is 2.42. The molecule has 2 rings (SSSR count). The average molecular weight is 291 g/mol. The standard InChI is InChI=1S/C17H29N3O/c1-4-6-7-8-9-13(3)21-16-12-15(18-5-2)19-17(20-16)14-10-11-14/h12-14H,4-11H2,1-3H3,(H,18,19,20). The van der Waals surface area contributed by atoms with Crippen LogP contribution in [0.5, 0.6) is 5.88 Å². The second-order valence-electron chi connectivity index (χ2n) is 6.03. The summed E-state index contributed by atoms with van der Waals surface area (Å²) in [6.45, 7) is 7.32. The summed E-state index contributed by atoms with van der Waals surface area (Å²) in [6, 6.07) is 1.93. The van der Waals surface area contributed by atoms with E-state index in [1.165, 1.54) is 38.5 Å². The molecule has 1 aliphatic carbocycles. The molecule has 4 nitrogen and oxygen atoms in total. The summed E-state index contributed by atoms with van der Waals surface area (Å²) in [4.78, 5) is 9.17. The molecule has 1 aliphatic rings. The van der Waals surface area contributed by atoms with E-state index in [9.17, 15) is 0 Å². The predicted octanol–water partition coefficient (Wildman–Crippen LogP) is 4.52. The van der Waals surface area contributed by atoms with E-state index in [-0.39, 0.29) is 6.10 Å². The molecule has 4 heteroatoms. The molecular weight excluding hydrogens is 262 g/mol. The van der Waals surface area contributed by atoms with E-state index in [1.54, 1.807) is 0 Å². The van der Waals surface area contributed by atoms with Crippen LogP contribution in [-0.2, 0) is 0 Å². The minimum atomic E-state index is 0.221. The van der Waals surface area contributed by atoms with Gasteiger partial charge in [-0.15, -0.1) is 0 Å². The molecule has 0 radical (unpaired) electrons. The van der Waals surface area contributed by atoms with Gasteiger partial charge in [-0.3, -0.25) is 0 Å². The Morgan fingerprint density at radius 3 is 2.71 bits per heavy atom. The third kappa shape index (κ3) is 5.52. The van der Waals surface area contributed by atoms with Crippen LogP contribution < -0.4 is 10.1 Å². The van der Waals surface area contributed by atoms with Crippen LogP contribution in [-0.4, -0.2) is 22.6 Å². The molecule has 1 atom stereocenters. The lowest BCUT2D eigenvalue weighted by Gasteiger charge is -2.15. The van der Waals surface area contributed by atoms with E-state index in [0.29, 0.717) is 5.92 Å². The first kappa shape index (κ1) is 16.1. The summed E-state index contributed by atoms with van der Waals surface area (Å²) in [5, 5.41) is 3.27. The van der Waals surface area contributed by atoms with Crippen molar-refractivity contribution in [3.8, 4) is 5.88 Å². The Labute approximate surface area is 128 Å². The van der Waals surface area contributed by atoms with E-state index in [4.69, 9.17) is 4.74 Å². The number of nitrogens with zero attached hydrogens (tertiary/aromatic N) is 2. The van der Waals surface area contributed by atoms with Gasteiger partial charge in [0.1, 0.15) is 11.6 Å². The zero-order valence-electron chi connectivity index (χ0n) is 13.7. The van der Waals surface area contributed by atoms with Gasteiger partial charge in [0, 0.05) is 18.5 Å². The van der Waals surface area contributed by atoms with Crippen molar-refractivity contribution < 1.29 is 4.74 Å². The monoisotopic (exact) mass is 291 g/mol. The number of rotatable bonds is 10. The van der Waals surface area contributed by atoms with Crippen LogP contribution in [0, 0.1) is 0 Å². The summed E-state index contributed by atoms with van der Waals surface area (Å²) in [7, 11) is 0. The molecule has 0 amide bonds. The fourth-order valence-electron chi connectivity index (χ4n) is 2.42. The molecule has 21 heavy (non-hydrogen) atoms. The molecule has 1 aromatic rings. The van der Waals surface area contributed by atoms with Crippen LogP contribution in [0.15, 0.2) is 6.07 Å². The molecule has 0 spiro atoms. The number of hydrogen-bond acceptors (Lipinski definition) is 4. The first-order valence-electron chi connectivity index (χ1n) is 8.52. The number of anilines is 1. The molecule has 0 aliphatic heterocycles. The van der Waals surface area contributed by atoms with E-state index in [2.05, 4.69) is 36.1 Å². The Morgan fingerprint density at radius 2 is 2.05 bits per heavy atom. The van der Waals surface area contributed by atoms with E-state index >= 15 is 0 Å². The smallest absolute Gasteiger partial charge is 0.218 e. The lowest BCUT2D eigenvalue weighted by molar-refractivity contribution is 0.197. The van der Waals surface area contributed by atoms with Gasteiger partial charge in [-0.2, -0.15) is 4.98 Å². The molecule has 1 heterocycles. The van der Waals surface area contributed by atoms with Gasteiger partial charge >= 0.3 is 0 Å². The minimum Gasteiger partial charge on any atom is -0.475 e. The zero-order valence-corrected chi connectivity index (χ0v) is 13.7. The van der Waals surface area contributed by atoms with Gasteiger partial charge in [-0.1, -0.05) is 26.2 Å². The Morgan fingerprint density at radius 1 is 1.24 bits per heavy atom. The van der Waals surface area contributed by atoms with Crippen LogP contribution in [0.25, 0.3) is 0 Å². The predicted molar refractivity (Wildman–Crippen MR) is 87.0 cm³/mol. The Balaban J connectivity index is 1.91. The third-order valence-electron chi connectivity index (χ3n) is 3.81. The highest BCUT2D eigenvalue weighted by molar-refractivity contribution is 5.39. The van der Waals surface area contributed by atoms with Crippen molar-refractivity contribution in [2.24, 2.45) is 0 Å². The first-order chi connectivity index (χ1) is 10.2.